The smallest absolute Gasteiger partial charge is 0.259 e. The second-order valence-corrected chi connectivity index (χ2v) is 12.0. The van der Waals surface area contributed by atoms with Crippen LogP contribution in [-0.4, -0.2) is 74.3 Å². The number of carbonyl (C=O) groups is 1. The fourth-order valence-electron chi connectivity index (χ4n) is 5.92. The monoisotopic (exact) mass is 534 g/mol. The molecule has 0 radical (unpaired) electrons. The maximum atomic E-state index is 13.8. The number of ether oxygens (including phenoxy) is 1. The Balaban J connectivity index is 1.31. The number of aromatic amines is 1. The van der Waals surface area contributed by atoms with Gasteiger partial charge in [0.1, 0.15) is 0 Å². The normalized spacial score (nSPS) is 19.6. The van der Waals surface area contributed by atoms with E-state index in [1.165, 1.54) is 4.88 Å². The molecule has 9 nitrogen and oxygen atoms in total. The van der Waals surface area contributed by atoms with Crippen LogP contribution in [0, 0.1) is 20.8 Å². The lowest BCUT2D eigenvalue weighted by molar-refractivity contribution is 0.0496. The van der Waals surface area contributed by atoms with Crippen LogP contribution >= 0.6 is 11.3 Å². The lowest BCUT2D eigenvalue weighted by atomic mass is 10.0. The number of nitrogens with zero attached hydrogens (tertiary/aromatic N) is 5. The molecule has 0 aliphatic carbocycles. The number of nitrogens with one attached hydrogen (secondary N) is 1. The van der Waals surface area contributed by atoms with Crippen molar-refractivity contribution < 1.29 is 9.53 Å². The highest BCUT2D eigenvalue weighted by Crippen LogP contribution is 2.30. The van der Waals surface area contributed by atoms with Crippen LogP contribution < -0.4 is 5.56 Å². The van der Waals surface area contributed by atoms with Gasteiger partial charge in [-0.1, -0.05) is 0 Å². The number of fused-ring (bicyclic) bond motifs is 3. The first-order valence-corrected chi connectivity index (χ1v) is 14.2. The first kappa shape index (κ1) is 25.2. The Bertz CT molecular complexity index is 1580. The molecule has 10 heteroatoms. The van der Waals surface area contributed by atoms with Crippen molar-refractivity contribution >= 4 is 39.0 Å². The summed E-state index contributed by atoms with van der Waals surface area (Å²) in [6.45, 7) is 12.7. The molecule has 1 atom stereocenters. The van der Waals surface area contributed by atoms with E-state index in [0.717, 1.165) is 58.6 Å². The second kappa shape index (κ2) is 9.91. The van der Waals surface area contributed by atoms with Gasteiger partial charge in [-0.15, -0.1) is 11.3 Å². The molecule has 3 aromatic heterocycles. The van der Waals surface area contributed by atoms with E-state index < -0.39 is 0 Å². The molecule has 6 rings (SSSR count). The summed E-state index contributed by atoms with van der Waals surface area (Å²) in [5, 5.41) is 7.13. The summed E-state index contributed by atoms with van der Waals surface area (Å²) in [5.74, 6) is 0.0391. The molecule has 1 aromatic carbocycles. The van der Waals surface area contributed by atoms with E-state index in [1.54, 1.807) is 17.5 Å². The molecule has 2 aliphatic rings. The van der Waals surface area contributed by atoms with Gasteiger partial charge >= 0.3 is 0 Å². The zero-order chi connectivity index (χ0) is 26.6. The van der Waals surface area contributed by atoms with Crippen molar-refractivity contribution in [2.45, 2.75) is 59.2 Å². The lowest BCUT2D eigenvalue weighted by Crippen LogP contribution is -2.53. The van der Waals surface area contributed by atoms with Crippen LogP contribution in [0.25, 0.3) is 21.8 Å². The van der Waals surface area contributed by atoms with Crippen LogP contribution in [0.15, 0.2) is 23.1 Å². The third-order valence-corrected chi connectivity index (χ3v) is 9.13. The van der Waals surface area contributed by atoms with Gasteiger partial charge in [-0.25, -0.2) is 4.98 Å². The van der Waals surface area contributed by atoms with Gasteiger partial charge in [0, 0.05) is 61.3 Å². The molecule has 0 saturated carbocycles. The quantitative estimate of drug-likeness (QED) is 0.426. The molecule has 2 aliphatic heterocycles. The first-order valence-electron chi connectivity index (χ1n) is 13.4. The maximum Gasteiger partial charge on any atom is 0.259 e. The predicted octanol–water partition coefficient (Wildman–Crippen LogP) is 3.96. The summed E-state index contributed by atoms with van der Waals surface area (Å²) >= 11 is 1.76. The van der Waals surface area contributed by atoms with E-state index in [2.05, 4.69) is 33.8 Å². The molecule has 38 heavy (non-hydrogen) atoms. The van der Waals surface area contributed by atoms with E-state index in [-0.39, 0.29) is 23.6 Å². The third kappa shape index (κ3) is 4.44. The summed E-state index contributed by atoms with van der Waals surface area (Å²) in [6, 6.07) is 4.31. The minimum atomic E-state index is -0.152. The number of H-pyrrole nitrogens is 1. The number of hydrogen-bond donors (Lipinski definition) is 1. The Morgan fingerprint density at radius 3 is 2.66 bits per heavy atom. The summed E-state index contributed by atoms with van der Waals surface area (Å²) in [4.78, 5) is 40.0. The van der Waals surface area contributed by atoms with Gasteiger partial charge in [-0.05, 0) is 58.2 Å². The Morgan fingerprint density at radius 2 is 1.95 bits per heavy atom. The van der Waals surface area contributed by atoms with Gasteiger partial charge in [0.2, 0.25) is 0 Å². The largest absolute Gasteiger partial charge is 0.381 e. The van der Waals surface area contributed by atoms with Gasteiger partial charge in [-0.3, -0.25) is 19.2 Å². The van der Waals surface area contributed by atoms with Gasteiger partial charge < -0.3 is 14.6 Å². The topological polar surface area (TPSA) is 96.4 Å². The molecule has 2 fully saturated rings. The number of aryl methyl sites for hydroxylation is 3. The number of benzene rings is 1. The van der Waals surface area contributed by atoms with Crippen LogP contribution in [0.4, 0.5) is 0 Å². The van der Waals surface area contributed by atoms with Crippen LogP contribution in [0.1, 0.15) is 57.3 Å². The fourth-order valence-corrected chi connectivity index (χ4v) is 6.88. The van der Waals surface area contributed by atoms with Crippen molar-refractivity contribution in [2.75, 3.05) is 32.8 Å². The first-order chi connectivity index (χ1) is 18.3. The molecular weight excluding hydrogens is 500 g/mol. The number of hydrogen-bond acceptors (Lipinski definition) is 7. The highest BCUT2D eigenvalue weighted by Gasteiger charge is 2.29. The van der Waals surface area contributed by atoms with Gasteiger partial charge in [0.15, 0.2) is 0 Å². The SMILES string of the molecule is Cc1nc(C)c(CN2CCN(C(=O)c3cc4c(cc3C)[nH]c(=O)c3cnn(C5CCOCC5)c34)C[C@@H]2C)s1. The van der Waals surface area contributed by atoms with Crippen LogP contribution in [0.2, 0.25) is 0 Å². The minimum absolute atomic E-state index is 0.0391. The van der Waals surface area contributed by atoms with E-state index in [9.17, 15) is 9.59 Å². The molecule has 0 unspecified atom stereocenters. The number of amides is 1. The molecule has 0 spiro atoms. The number of aromatic nitrogens is 4. The summed E-state index contributed by atoms with van der Waals surface area (Å²) in [5.41, 5.74) is 4.03. The van der Waals surface area contributed by atoms with Crippen LogP contribution in [0.3, 0.4) is 0 Å². The number of rotatable bonds is 4. The molecular formula is C28H34N6O3S. The average molecular weight is 535 g/mol. The predicted molar refractivity (Wildman–Crippen MR) is 149 cm³/mol. The van der Waals surface area contributed by atoms with E-state index in [4.69, 9.17) is 4.74 Å². The lowest BCUT2D eigenvalue weighted by Gasteiger charge is -2.40. The van der Waals surface area contributed by atoms with Crippen molar-refractivity contribution in [2.24, 2.45) is 0 Å². The number of carbonyl (C=O) groups excluding carboxylic acids is 1. The Labute approximate surface area is 225 Å². The minimum Gasteiger partial charge on any atom is -0.381 e. The number of pyridine rings is 1. The molecule has 1 N–H and O–H groups in total. The highest BCUT2D eigenvalue weighted by atomic mass is 32.1. The molecule has 5 heterocycles. The summed E-state index contributed by atoms with van der Waals surface area (Å²) < 4.78 is 7.52. The molecule has 200 valence electrons. The van der Waals surface area contributed by atoms with Crippen molar-refractivity contribution in [1.29, 1.82) is 0 Å². The second-order valence-electron chi connectivity index (χ2n) is 10.7. The highest BCUT2D eigenvalue weighted by molar-refractivity contribution is 7.11. The Hall–Kier alpha value is -3.08. The standard InChI is InChI=1S/C28H34N6O3S/c1-16-11-24-22(26-23(27(35)31-24)13-29-34(26)20-5-9-37-10-6-20)12-21(16)28(36)33-8-7-32(17(2)14-33)15-25-18(3)30-19(4)38-25/h11-13,17,20H,5-10,14-15H2,1-4H3,(H,31,35)/t17-/m0/s1. The number of piperazine rings is 1. The Morgan fingerprint density at radius 1 is 1.16 bits per heavy atom. The average Bonchev–Trinajstić information content (AvgIpc) is 3.48. The zero-order valence-electron chi connectivity index (χ0n) is 22.4. The van der Waals surface area contributed by atoms with Crippen molar-refractivity contribution in [3.63, 3.8) is 0 Å². The molecule has 2 saturated heterocycles. The summed E-state index contributed by atoms with van der Waals surface area (Å²) in [6.07, 6.45) is 3.36. The molecule has 1 amide bonds. The zero-order valence-corrected chi connectivity index (χ0v) is 23.2. The third-order valence-electron chi connectivity index (χ3n) is 8.07. The Kier molecular flexibility index (Phi) is 6.57. The molecule has 4 aromatic rings. The van der Waals surface area contributed by atoms with E-state index in [0.29, 0.717) is 37.3 Å². The van der Waals surface area contributed by atoms with Crippen LogP contribution in [-0.2, 0) is 11.3 Å². The van der Waals surface area contributed by atoms with Crippen molar-refractivity contribution in [1.82, 2.24) is 29.5 Å². The van der Waals surface area contributed by atoms with Crippen LogP contribution in [0.5, 0.6) is 0 Å². The number of thiazole rings is 1. The maximum absolute atomic E-state index is 13.8. The van der Waals surface area contributed by atoms with Gasteiger partial charge in [0.05, 0.1) is 39.4 Å². The summed E-state index contributed by atoms with van der Waals surface area (Å²) in [7, 11) is 0. The van der Waals surface area contributed by atoms with Crippen molar-refractivity contribution in [3.05, 3.63) is 55.4 Å². The molecule has 0 bridgehead atoms. The fraction of sp³-hybridized carbons (Fsp3) is 0.500. The van der Waals surface area contributed by atoms with E-state index in [1.807, 2.05) is 35.6 Å². The van der Waals surface area contributed by atoms with E-state index >= 15 is 0 Å². The van der Waals surface area contributed by atoms with Gasteiger partial charge in [-0.2, -0.15) is 5.10 Å². The van der Waals surface area contributed by atoms with Gasteiger partial charge in [0.25, 0.3) is 11.5 Å². The van der Waals surface area contributed by atoms with Crippen molar-refractivity contribution in [3.8, 4) is 0 Å².